The summed E-state index contributed by atoms with van der Waals surface area (Å²) < 4.78 is 26.9. The van der Waals surface area contributed by atoms with Crippen LogP contribution in [0.5, 0.6) is 0 Å². The summed E-state index contributed by atoms with van der Waals surface area (Å²) in [4.78, 5) is 0. The van der Waals surface area contributed by atoms with Crippen molar-refractivity contribution >= 4 is 50.3 Å². The molecule has 3 rings (SSSR count). The second-order valence-corrected chi connectivity index (χ2v) is 8.22. The van der Waals surface area contributed by atoms with Gasteiger partial charge in [0.05, 0.1) is 0 Å². The van der Waals surface area contributed by atoms with Gasteiger partial charge in [0.25, 0.3) is 10.0 Å². The van der Waals surface area contributed by atoms with Gasteiger partial charge in [-0.3, -0.25) is 4.72 Å². The molecule has 0 unspecified atom stereocenters. The maximum absolute atomic E-state index is 12.1. The fraction of sp³-hybridized carbons (Fsp3) is 0.0667. The van der Waals surface area contributed by atoms with Gasteiger partial charge in [-0.05, 0) is 48.2 Å². The minimum Gasteiger partial charge on any atom is -0.338 e. The van der Waals surface area contributed by atoms with Crippen LogP contribution in [0.4, 0.5) is 17.3 Å². The zero-order valence-corrected chi connectivity index (χ0v) is 14.9. The number of rotatable bonds is 5. The molecule has 2 N–H and O–H groups in total. The molecule has 2 heterocycles. The van der Waals surface area contributed by atoms with Crippen LogP contribution in [0.25, 0.3) is 0 Å². The first kappa shape index (κ1) is 16.7. The Morgan fingerprint density at radius 3 is 2.50 bits per heavy atom. The van der Waals surface area contributed by atoms with E-state index in [0.717, 1.165) is 22.6 Å². The molecular formula is C15H13ClN4O2S2. The molecule has 9 heteroatoms. The van der Waals surface area contributed by atoms with Crippen LogP contribution >= 0.6 is 22.9 Å². The zero-order chi connectivity index (χ0) is 17.2. The molecule has 0 fully saturated rings. The Balaban J connectivity index is 1.75. The standard InChI is InChI=1S/C15H13ClN4O2S2/c1-10-4-5-11(16)9-12(10)17-13-6-7-14(19-18-13)20-24(21,22)15-3-2-8-23-15/h2-9H,1H3,(H,17,18)(H,19,20). The quantitative estimate of drug-likeness (QED) is 0.697. The number of thiophene rings is 1. The van der Waals surface area contributed by atoms with Crippen molar-refractivity contribution in [2.45, 2.75) is 11.1 Å². The van der Waals surface area contributed by atoms with Gasteiger partial charge in [-0.15, -0.1) is 21.5 Å². The minimum absolute atomic E-state index is 0.150. The Hall–Kier alpha value is -2.16. The molecule has 0 aliphatic heterocycles. The van der Waals surface area contributed by atoms with E-state index < -0.39 is 10.0 Å². The van der Waals surface area contributed by atoms with Gasteiger partial charge in [0.15, 0.2) is 11.6 Å². The average Bonchev–Trinajstić information content (AvgIpc) is 3.08. The van der Waals surface area contributed by atoms with Crippen LogP contribution in [0.1, 0.15) is 5.56 Å². The Labute approximate surface area is 148 Å². The lowest BCUT2D eigenvalue weighted by atomic mass is 10.2. The molecule has 0 aliphatic carbocycles. The van der Waals surface area contributed by atoms with E-state index in [4.69, 9.17) is 11.6 Å². The van der Waals surface area contributed by atoms with Crippen LogP contribution < -0.4 is 10.0 Å². The summed E-state index contributed by atoms with van der Waals surface area (Å²) in [7, 11) is -3.63. The Morgan fingerprint density at radius 2 is 1.83 bits per heavy atom. The van der Waals surface area contributed by atoms with E-state index >= 15 is 0 Å². The molecule has 0 bridgehead atoms. The van der Waals surface area contributed by atoms with Crippen LogP contribution in [-0.4, -0.2) is 18.6 Å². The number of hydrogen-bond donors (Lipinski definition) is 2. The van der Waals surface area contributed by atoms with Crippen LogP contribution in [0.3, 0.4) is 0 Å². The number of halogens is 1. The number of aromatic nitrogens is 2. The van der Waals surface area contributed by atoms with Crippen molar-refractivity contribution in [3.05, 3.63) is 58.4 Å². The van der Waals surface area contributed by atoms with E-state index in [1.54, 1.807) is 35.7 Å². The summed E-state index contributed by atoms with van der Waals surface area (Å²) in [5, 5.41) is 13.3. The highest BCUT2D eigenvalue weighted by Gasteiger charge is 2.16. The molecule has 1 aromatic carbocycles. The number of benzene rings is 1. The summed E-state index contributed by atoms with van der Waals surface area (Å²) in [5.74, 6) is 0.635. The third kappa shape index (κ3) is 3.84. The Kier molecular flexibility index (Phi) is 4.70. The predicted molar refractivity (Wildman–Crippen MR) is 96.6 cm³/mol. The summed E-state index contributed by atoms with van der Waals surface area (Å²) in [5.41, 5.74) is 1.81. The second kappa shape index (κ2) is 6.76. The number of sulfonamides is 1. The Bertz CT molecular complexity index is 942. The molecule has 0 atom stereocenters. The lowest BCUT2D eigenvalue weighted by molar-refractivity contribution is 0.603. The van der Waals surface area contributed by atoms with Gasteiger partial charge in [-0.1, -0.05) is 23.7 Å². The molecule has 124 valence electrons. The first-order valence-corrected chi connectivity index (χ1v) is 9.61. The number of nitrogens with one attached hydrogen (secondary N) is 2. The fourth-order valence-corrected chi connectivity index (χ4v) is 4.09. The summed E-state index contributed by atoms with van der Waals surface area (Å²) in [6, 6.07) is 11.9. The molecule has 6 nitrogen and oxygen atoms in total. The third-order valence-corrected chi connectivity index (χ3v) is 6.11. The first-order valence-electron chi connectivity index (χ1n) is 6.87. The van der Waals surface area contributed by atoms with E-state index in [2.05, 4.69) is 20.2 Å². The average molecular weight is 381 g/mol. The summed E-state index contributed by atoms with van der Waals surface area (Å²) in [6.07, 6.45) is 0. The fourth-order valence-electron chi connectivity index (χ4n) is 1.92. The number of aryl methyl sites for hydroxylation is 1. The molecule has 0 radical (unpaired) electrons. The van der Waals surface area contributed by atoms with E-state index in [1.165, 1.54) is 6.07 Å². The molecular weight excluding hydrogens is 368 g/mol. The summed E-state index contributed by atoms with van der Waals surface area (Å²) >= 11 is 7.11. The smallest absolute Gasteiger partial charge is 0.272 e. The highest BCUT2D eigenvalue weighted by Crippen LogP contribution is 2.24. The van der Waals surface area contributed by atoms with Crippen LogP contribution in [-0.2, 0) is 10.0 Å². The monoisotopic (exact) mass is 380 g/mol. The molecule has 0 spiro atoms. The Morgan fingerprint density at radius 1 is 1.08 bits per heavy atom. The van der Waals surface area contributed by atoms with Crippen molar-refractivity contribution in [2.24, 2.45) is 0 Å². The highest BCUT2D eigenvalue weighted by molar-refractivity contribution is 7.94. The molecule has 0 saturated carbocycles. The van der Waals surface area contributed by atoms with E-state index in [9.17, 15) is 8.42 Å². The van der Waals surface area contributed by atoms with Crippen LogP contribution in [0.15, 0.2) is 52.1 Å². The molecule has 0 aliphatic rings. The van der Waals surface area contributed by atoms with E-state index in [0.29, 0.717) is 10.8 Å². The van der Waals surface area contributed by atoms with Crippen LogP contribution in [0, 0.1) is 6.92 Å². The summed E-state index contributed by atoms with van der Waals surface area (Å²) in [6.45, 7) is 1.94. The van der Waals surface area contributed by atoms with Gasteiger partial charge in [0, 0.05) is 10.7 Å². The molecule has 2 aromatic heterocycles. The lowest BCUT2D eigenvalue weighted by Gasteiger charge is -2.09. The normalized spacial score (nSPS) is 11.2. The molecule has 24 heavy (non-hydrogen) atoms. The van der Waals surface area contributed by atoms with Crippen molar-refractivity contribution in [2.75, 3.05) is 10.0 Å². The molecule has 0 saturated heterocycles. The van der Waals surface area contributed by atoms with Gasteiger partial charge in [0.1, 0.15) is 4.21 Å². The van der Waals surface area contributed by atoms with Crippen molar-refractivity contribution in [3.8, 4) is 0 Å². The van der Waals surface area contributed by atoms with Crippen molar-refractivity contribution in [3.63, 3.8) is 0 Å². The third-order valence-electron chi connectivity index (χ3n) is 3.13. The van der Waals surface area contributed by atoms with Crippen molar-refractivity contribution in [1.29, 1.82) is 0 Å². The van der Waals surface area contributed by atoms with Gasteiger partial charge < -0.3 is 5.32 Å². The van der Waals surface area contributed by atoms with Gasteiger partial charge in [0.2, 0.25) is 0 Å². The highest BCUT2D eigenvalue weighted by atomic mass is 35.5. The first-order chi connectivity index (χ1) is 11.4. The SMILES string of the molecule is Cc1ccc(Cl)cc1Nc1ccc(NS(=O)(=O)c2cccs2)nn1. The maximum atomic E-state index is 12.1. The number of anilines is 3. The lowest BCUT2D eigenvalue weighted by Crippen LogP contribution is -2.13. The van der Waals surface area contributed by atoms with Crippen molar-refractivity contribution in [1.82, 2.24) is 10.2 Å². The van der Waals surface area contributed by atoms with Crippen molar-refractivity contribution < 1.29 is 8.42 Å². The topological polar surface area (TPSA) is 84.0 Å². The van der Waals surface area contributed by atoms with Gasteiger partial charge in [-0.25, -0.2) is 8.42 Å². The largest absolute Gasteiger partial charge is 0.338 e. The van der Waals surface area contributed by atoms with Gasteiger partial charge >= 0.3 is 0 Å². The van der Waals surface area contributed by atoms with Gasteiger partial charge in [-0.2, -0.15) is 0 Å². The minimum atomic E-state index is -3.63. The second-order valence-electron chi connectivity index (χ2n) is 4.93. The number of nitrogens with zero attached hydrogens (tertiary/aromatic N) is 2. The molecule has 0 amide bonds. The maximum Gasteiger partial charge on any atom is 0.272 e. The zero-order valence-electron chi connectivity index (χ0n) is 12.5. The van der Waals surface area contributed by atoms with Crippen LogP contribution in [0.2, 0.25) is 5.02 Å². The molecule has 3 aromatic rings. The van der Waals surface area contributed by atoms with E-state index in [-0.39, 0.29) is 10.0 Å². The predicted octanol–water partition coefficient (Wildman–Crippen LogP) is 4.04. The number of hydrogen-bond acceptors (Lipinski definition) is 6. The van der Waals surface area contributed by atoms with E-state index in [1.807, 2.05) is 13.0 Å².